The number of nitrogens with zero attached hydrogens (tertiary/aromatic N) is 2. The Labute approximate surface area is 103 Å². The first kappa shape index (κ1) is 11.8. The molecule has 1 aliphatic heterocycles. The molecule has 1 heterocycles. The second kappa shape index (κ2) is 6.18. The molecule has 0 unspecified atom stereocenters. The van der Waals surface area contributed by atoms with E-state index in [1.54, 1.807) is 0 Å². The number of fused-ring (bicyclic) bond motifs is 1. The van der Waals surface area contributed by atoms with Crippen molar-refractivity contribution in [1.82, 2.24) is 5.43 Å². The third-order valence-electron chi connectivity index (χ3n) is 2.87. The van der Waals surface area contributed by atoms with E-state index in [0.29, 0.717) is 0 Å². The van der Waals surface area contributed by atoms with Crippen LogP contribution in [0.5, 0.6) is 0 Å². The number of rotatable bonds is 4. The molecule has 1 N–H and O–H groups in total. The lowest BCUT2D eigenvalue weighted by Crippen LogP contribution is -2.24. The summed E-state index contributed by atoms with van der Waals surface area (Å²) in [5, 5.41) is 4.23. The van der Waals surface area contributed by atoms with E-state index in [1.165, 1.54) is 24.0 Å². The maximum atomic E-state index is 4.48. The van der Waals surface area contributed by atoms with Gasteiger partial charge in [0.2, 0.25) is 0 Å². The summed E-state index contributed by atoms with van der Waals surface area (Å²) in [4.78, 5) is 4.48. The van der Waals surface area contributed by atoms with E-state index in [1.807, 2.05) is 12.3 Å². The predicted molar refractivity (Wildman–Crippen MR) is 72.7 cm³/mol. The number of amidine groups is 1. The maximum Gasteiger partial charge on any atom is 0.149 e. The molecule has 1 aliphatic rings. The number of benzene rings is 1. The van der Waals surface area contributed by atoms with Crippen LogP contribution in [0.2, 0.25) is 0 Å². The van der Waals surface area contributed by atoms with Crippen molar-refractivity contribution in [1.29, 1.82) is 0 Å². The second-order valence-corrected chi connectivity index (χ2v) is 4.20. The molecule has 0 atom stereocenters. The second-order valence-electron chi connectivity index (χ2n) is 4.20. The monoisotopic (exact) mass is 229 g/mol. The quantitative estimate of drug-likeness (QED) is 0.481. The molecule has 90 valence electrons. The van der Waals surface area contributed by atoms with Crippen LogP contribution in [0, 0.1) is 0 Å². The molecular weight excluding hydrogens is 210 g/mol. The molecule has 0 radical (unpaired) electrons. The lowest BCUT2D eigenvalue weighted by molar-refractivity contribution is 0.835. The van der Waals surface area contributed by atoms with E-state index < -0.39 is 0 Å². The highest BCUT2D eigenvalue weighted by atomic mass is 15.3. The van der Waals surface area contributed by atoms with Gasteiger partial charge in [-0.25, -0.2) is 0 Å². The molecule has 0 aliphatic carbocycles. The molecule has 0 amide bonds. The molecule has 0 aromatic heterocycles. The van der Waals surface area contributed by atoms with Crippen LogP contribution in [-0.4, -0.2) is 18.6 Å². The van der Waals surface area contributed by atoms with Crippen LogP contribution in [0.25, 0.3) is 0 Å². The molecule has 0 spiro atoms. The summed E-state index contributed by atoms with van der Waals surface area (Å²) in [5.41, 5.74) is 5.60. The molecule has 2 rings (SSSR count). The smallest absolute Gasteiger partial charge is 0.149 e. The third-order valence-corrected chi connectivity index (χ3v) is 2.87. The Morgan fingerprint density at radius 1 is 1.41 bits per heavy atom. The molecule has 3 heteroatoms. The van der Waals surface area contributed by atoms with Gasteiger partial charge in [-0.05, 0) is 24.8 Å². The Morgan fingerprint density at radius 2 is 2.29 bits per heavy atom. The maximum absolute atomic E-state index is 4.48. The Bertz CT molecular complexity index is 421. The highest BCUT2D eigenvalue weighted by Crippen LogP contribution is 2.14. The Balaban J connectivity index is 1.97. The van der Waals surface area contributed by atoms with Gasteiger partial charge in [-0.2, -0.15) is 5.10 Å². The van der Waals surface area contributed by atoms with Crippen molar-refractivity contribution in [2.24, 2.45) is 10.1 Å². The molecule has 17 heavy (non-hydrogen) atoms. The zero-order valence-corrected chi connectivity index (χ0v) is 10.3. The Kier molecular flexibility index (Phi) is 4.30. The summed E-state index contributed by atoms with van der Waals surface area (Å²) < 4.78 is 0. The number of hydrogen-bond donors (Lipinski definition) is 1. The molecule has 0 bridgehead atoms. The molecule has 0 fully saturated rings. The number of aliphatic imine (C=N–C) groups is 1. The molecule has 0 saturated heterocycles. The molecule has 3 nitrogen and oxygen atoms in total. The largest absolute Gasteiger partial charge is 0.266 e. The van der Waals surface area contributed by atoms with Gasteiger partial charge in [-0.15, -0.1) is 0 Å². The van der Waals surface area contributed by atoms with Crippen LogP contribution in [0.15, 0.2) is 34.4 Å². The number of nitrogens with one attached hydrogen (secondary N) is 1. The summed E-state index contributed by atoms with van der Waals surface area (Å²) in [6, 6.07) is 8.38. The summed E-state index contributed by atoms with van der Waals surface area (Å²) in [6.07, 6.45) is 6.38. The van der Waals surface area contributed by atoms with Crippen LogP contribution in [0.1, 0.15) is 37.3 Å². The van der Waals surface area contributed by atoms with E-state index in [2.05, 4.69) is 40.6 Å². The van der Waals surface area contributed by atoms with Crippen LogP contribution in [0.4, 0.5) is 0 Å². The van der Waals surface area contributed by atoms with E-state index in [4.69, 9.17) is 0 Å². The Hall–Kier alpha value is -1.64. The van der Waals surface area contributed by atoms with Crippen molar-refractivity contribution in [3.8, 4) is 0 Å². The fourth-order valence-corrected chi connectivity index (χ4v) is 1.90. The van der Waals surface area contributed by atoms with E-state index >= 15 is 0 Å². The molecule has 1 aromatic rings. The summed E-state index contributed by atoms with van der Waals surface area (Å²) >= 11 is 0. The van der Waals surface area contributed by atoms with Crippen molar-refractivity contribution in [3.63, 3.8) is 0 Å². The molecule has 0 saturated carbocycles. The van der Waals surface area contributed by atoms with Gasteiger partial charge in [0.15, 0.2) is 0 Å². The van der Waals surface area contributed by atoms with Gasteiger partial charge in [0.25, 0.3) is 0 Å². The van der Waals surface area contributed by atoms with Gasteiger partial charge in [0.1, 0.15) is 5.84 Å². The van der Waals surface area contributed by atoms with Crippen molar-refractivity contribution in [2.45, 2.75) is 32.6 Å². The van der Waals surface area contributed by atoms with E-state index in [0.717, 1.165) is 25.2 Å². The first-order valence-corrected chi connectivity index (χ1v) is 6.32. The minimum Gasteiger partial charge on any atom is -0.266 e. The topological polar surface area (TPSA) is 36.8 Å². The van der Waals surface area contributed by atoms with Crippen LogP contribution >= 0.6 is 0 Å². The van der Waals surface area contributed by atoms with Crippen molar-refractivity contribution >= 4 is 12.1 Å². The number of unbranched alkanes of at least 4 members (excludes halogenated alkanes) is 2. The first-order valence-electron chi connectivity index (χ1n) is 6.32. The minimum absolute atomic E-state index is 0.851. The van der Waals surface area contributed by atoms with Gasteiger partial charge < -0.3 is 0 Å². The zero-order valence-electron chi connectivity index (χ0n) is 10.3. The van der Waals surface area contributed by atoms with Crippen molar-refractivity contribution < 1.29 is 0 Å². The lowest BCUT2D eigenvalue weighted by atomic mass is 10.0. The normalized spacial score (nSPS) is 14.5. The number of hydrogen-bond acceptors (Lipinski definition) is 3. The van der Waals surface area contributed by atoms with Gasteiger partial charge in [0, 0.05) is 18.3 Å². The van der Waals surface area contributed by atoms with Crippen molar-refractivity contribution in [3.05, 3.63) is 35.4 Å². The van der Waals surface area contributed by atoms with Crippen LogP contribution in [0.3, 0.4) is 0 Å². The summed E-state index contributed by atoms with van der Waals surface area (Å²) in [6.45, 7) is 3.03. The summed E-state index contributed by atoms with van der Waals surface area (Å²) in [5.74, 6) is 0.902. The van der Waals surface area contributed by atoms with Gasteiger partial charge >= 0.3 is 0 Å². The van der Waals surface area contributed by atoms with Crippen molar-refractivity contribution in [2.75, 3.05) is 6.54 Å². The number of hydrazone groups is 1. The zero-order chi connectivity index (χ0) is 11.9. The predicted octanol–water partition coefficient (Wildman–Crippen LogP) is 2.75. The Morgan fingerprint density at radius 3 is 3.18 bits per heavy atom. The van der Waals surface area contributed by atoms with Gasteiger partial charge in [0.05, 0.1) is 0 Å². The van der Waals surface area contributed by atoms with E-state index in [9.17, 15) is 0 Å². The lowest BCUT2D eigenvalue weighted by Gasteiger charge is -2.15. The standard InChI is InChI=1S/C14H19N3/c1-2-3-6-10-16-17-14-13-8-5-4-7-12(13)9-11-15-14/h4-5,7-8,10H,2-3,6,9,11H2,1H3,(H,15,17)/b16-10+. The minimum atomic E-state index is 0.851. The van der Waals surface area contributed by atoms with Crippen LogP contribution < -0.4 is 5.43 Å². The molecular formula is C14H19N3. The summed E-state index contributed by atoms with van der Waals surface area (Å²) in [7, 11) is 0. The highest BCUT2D eigenvalue weighted by molar-refractivity contribution is 6.00. The fourth-order valence-electron chi connectivity index (χ4n) is 1.90. The van der Waals surface area contributed by atoms with Gasteiger partial charge in [-0.1, -0.05) is 37.6 Å². The highest BCUT2D eigenvalue weighted by Gasteiger charge is 2.11. The van der Waals surface area contributed by atoms with Crippen LogP contribution in [-0.2, 0) is 6.42 Å². The SMILES string of the molecule is CCCC/C=N/NC1=NCCc2ccccc21. The van der Waals surface area contributed by atoms with E-state index in [-0.39, 0.29) is 0 Å². The van der Waals surface area contributed by atoms with Gasteiger partial charge in [-0.3, -0.25) is 10.4 Å². The first-order chi connectivity index (χ1) is 8.42. The molecule has 1 aromatic carbocycles. The average Bonchev–Trinajstić information content (AvgIpc) is 2.39. The average molecular weight is 229 g/mol. The fraction of sp³-hybridized carbons (Fsp3) is 0.429. The third kappa shape index (κ3) is 3.16.